The summed E-state index contributed by atoms with van der Waals surface area (Å²) in [5.41, 5.74) is 3.10. The maximum absolute atomic E-state index is 12.7. The van der Waals surface area contributed by atoms with Crippen molar-refractivity contribution in [2.75, 3.05) is 5.32 Å². The molecule has 1 N–H and O–H groups in total. The summed E-state index contributed by atoms with van der Waals surface area (Å²) in [4.78, 5) is 21.7. The largest absolute Gasteiger partial charge is 0.304 e. The molecule has 1 aromatic carbocycles. The highest BCUT2D eigenvalue weighted by molar-refractivity contribution is 9.10. The number of halogens is 1. The van der Waals surface area contributed by atoms with Gasteiger partial charge in [-0.25, -0.2) is 9.67 Å². The SMILES string of the molecule is O=C(Nc1nn(CCCCC2CC2)c2nc(-c3cc[c]cc3)c(Br)cc12)c1cccnc1. The summed E-state index contributed by atoms with van der Waals surface area (Å²) in [6.07, 6.45) is 9.45. The van der Waals surface area contributed by atoms with Crippen LogP contribution in [0.25, 0.3) is 22.3 Å². The molecule has 7 heteroatoms. The van der Waals surface area contributed by atoms with E-state index in [9.17, 15) is 4.79 Å². The highest BCUT2D eigenvalue weighted by Crippen LogP contribution is 2.35. The normalized spacial score (nSPS) is 13.4. The third-order valence-electron chi connectivity index (χ3n) is 5.75. The lowest BCUT2D eigenvalue weighted by Crippen LogP contribution is -2.13. The Kier molecular flexibility index (Phi) is 5.99. The Balaban J connectivity index is 1.49. The average molecular weight is 489 g/mol. The summed E-state index contributed by atoms with van der Waals surface area (Å²) in [5, 5.41) is 8.50. The van der Waals surface area contributed by atoms with Gasteiger partial charge in [0.15, 0.2) is 11.5 Å². The Bertz CT molecular complexity index is 1240. The van der Waals surface area contributed by atoms with Crippen molar-refractivity contribution in [1.82, 2.24) is 19.7 Å². The number of aryl methyl sites for hydroxylation is 1. The molecule has 1 radical (unpaired) electrons. The third kappa shape index (κ3) is 4.58. The van der Waals surface area contributed by atoms with E-state index < -0.39 is 0 Å². The molecule has 5 rings (SSSR count). The van der Waals surface area contributed by atoms with E-state index in [0.29, 0.717) is 11.4 Å². The van der Waals surface area contributed by atoms with Crippen molar-refractivity contribution in [3.8, 4) is 11.3 Å². The maximum Gasteiger partial charge on any atom is 0.258 e. The van der Waals surface area contributed by atoms with Crippen LogP contribution >= 0.6 is 15.9 Å². The Morgan fingerprint density at radius 2 is 2.06 bits per heavy atom. The Morgan fingerprint density at radius 3 is 2.81 bits per heavy atom. The number of hydrogen-bond acceptors (Lipinski definition) is 4. The number of pyridine rings is 2. The molecular weight excluding hydrogens is 466 g/mol. The van der Waals surface area contributed by atoms with Crippen LogP contribution in [0.2, 0.25) is 0 Å². The Hall–Kier alpha value is -3.06. The van der Waals surface area contributed by atoms with Gasteiger partial charge in [0.2, 0.25) is 0 Å². The Labute approximate surface area is 195 Å². The first-order valence-corrected chi connectivity index (χ1v) is 11.7. The lowest BCUT2D eigenvalue weighted by molar-refractivity contribution is 0.102. The van der Waals surface area contributed by atoms with Gasteiger partial charge in [0, 0.05) is 29.0 Å². The second-order valence-corrected chi connectivity index (χ2v) is 9.04. The van der Waals surface area contributed by atoms with E-state index in [2.05, 4.69) is 32.3 Å². The van der Waals surface area contributed by atoms with Crippen LogP contribution in [0.3, 0.4) is 0 Å². The zero-order valence-corrected chi connectivity index (χ0v) is 19.2. The zero-order valence-electron chi connectivity index (χ0n) is 17.6. The van der Waals surface area contributed by atoms with Gasteiger partial charge in [0.1, 0.15) is 0 Å². The van der Waals surface area contributed by atoms with Crippen molar-refractivity contribution in [2.24, 2.45) is 5.92 Å². The fourth-order valence-corrected chi connectivity index (χ4v) is 4.39. The number of nitrogens with one attached hydrogen (secondary N) is 1. The quantitative estimate of drug-likeness (QED) is 0.314. The van der Waals surface area contributed by atoms with Crippen molar-refractivity contribution in [3.63, 3.8) is 0 Å². The molecule has 3 heterocycles. The molecule has 1 amide bonds. The number of rotatable bonds is 8. The summed E-state index contributed by atoms with van der Waals surface area (Å²) in [6, 6.07) is 16.2. The molecule has 1 aliphatic carbocycles. The van der Waals surface area contributed by atoms with E-state index in [-0.39, 0.29) is 5.91 Å². The molecule has 161 valence electrons. The standard InChI is InChI=1S/C25H23BrN5O/c26-21-15-20-23(29-25(32)19-10-6-13-27-16-19)30-31(14-5-4-7-17-11-12-17)24(20)28-22(21)18-8-2-1-3-9-18/h2-3,6,8-10,13,15-17H,4-5,7,11-12,14H2,(H,29,30,32). The molecule has 0 spiro atoms. The summed E-state index contributed by atoms with van der Waals surface area (Å²) in [7, 11) is 0. The summed E-state index contributed by atoms with van der Waals surface area (Å²) >= 11 is 3.66. The molecule has 4 aromatic rings. The van der Waals surface area contributed by atoms with Crippen LogP contribution in [0.15, 0.2) is 59.3 Å². The summed E-state index contributed by atoms with van der Waals surface area (Å²) < 4.78 is 2.77. The predicted molar refractivity (Wildman–Crippen MR) is 128 cm³/mol. The van der Waals surface area contributed by atoms with Gasteiger partial charge in [0.05, 0.1) is 16.6 Å². The number of aromatic nitrogens is 4. The lowest BCUT2D eigenvalue weighted by Gasteiger charge is -2.07. The molecule has 0 unspecified atom stereocenters. The van der Waals surface area contributed by atoms with Crippen LogP contribution in [0.5, 0.6) is 0 Å². The molecule has 32 heavy (non-hydrogen) atoms. The van der Waals surface area contributed by atoms with Gasteiger partial charge in [-0.3, -0.25) is 9.78 Å². The average Bonchev–Trinajstić information content (AvgIpc) is 3.60. The summed E-state index contributed by atoms with van der Waals surface area (Å²) in [5.74, 6) is 1.20. The highest BCUT2D eigenvalue weighted by Gasteiger charge is 2.21. The van der Waals surface area contributed by atoms with Crippen molar-refractivity contribution < 1.29 is 4.79 Å². The monoisotopic (exact) mass is 488 g/mol. The third-order valence-corrected chi connectivity index (χ3v) is 6.36. The fraction of sp³-hybridized carbons (Fsp3) is 0.280. The molecule has 1 fully saturated rings. The molecule has 0 atom stereocenters. The van der Waals surface area contributed by atoms with Crippen LogP contribution < -0.4 is 5.32 Å². The summed E-state index contributed by atoms with van der Waals surface area (Å²) in [6.45, 7) is 0.766. The minimum Gasteiger partial charge on any atom is -0.304 e. The minimum absolute atomic E-state index is 0.239. The van der Waals surface area contributed by atoms with E-state index in [0.717, 1.165) is 45.6 Å². The molecule has 0 aliphatic heterocycles. The molecule has 0 bridgehead atoms. The number of carbonyl (C=O) groups is 1. The minimum atomic E-state index is -0.239. The van der Waals surface area contributed by atoms with Gasteiger partial charge in [-0.2, -0.15) is 5.10 Å². The van der Waals surface area contributed by atoms with Crippen molar-refractivity contribution in [1.29, 1.82) is 0 Å². The van der Waals surface area contributed by atoms with Gasteiger partial charge in [-0.1, -0.05) is 49.9 Å². The second kappa shape index (κ2) is 9.20. The number of fused-ring (bicyclic) bond motifs is 1. The van der Waals surface area contributed by atoms with Gasteiger partial charge in [-0.15, -0.1) is 0 Å². The topological polar surface area (TPSA) is 72.7 Å². The van der Waals surface area contributed by atoms with Crippen molar-refractivity contribution in [3.05, 3.63) is 71.0 Å². The lowest BCUT2D eigenvalue weighted by atomic mass is 10.1. The van der Waals surface area contributed by atoms with Gasteiger partial charge in [0.25, 0.3) is 5.91 Å². The van der Waals surface area contributed by atoms with Crippen molar-refractivity contribution in [2.45, 2.75) is 38.6 Å². The fourth-order valence-electron chi connectivity index (χ4n) is 3.85. The second-order valence-electron chi connectivity index (χ2n) is 8.19. The number of hydrogen-bond donors (Lipinski definition) is 1. The molecule has 6 nitrogen and oxygen atoms in total. The van der Waals surface area contributed by atoms with E-state index in [1.807, 2.05) is 35.0 Å². The van der Waals surface area contributed by atoms with Gasteiger partial charge in [-0.05, 0) is 52.5 Å². The first kappa shape index (κ1) is 20.8. The number of benzene rings is 1. The van der Waals surface area contributed by atoms with Gasteiger partial charge < -0.3 is 5.32 Å². The molecular formula is C25H23BrN5O. The molecule has 3 aromatic heterocycles. The zero-order chi connectivity index (χ0) is 21.9. The number of amides is 1. The van der Waals surface area contributed by atoms with Crippen molar-refractivity contribution >= 4 is 38.7 Å². The van der Waals surface area contributed by atoms with Crippen LogP contribution in [0.4, 0.5) is 5.82 Å². The predicted octanol–water partition coefficient (Wildman–Crippen LogP) is 5.89. The first-order chi connectivity index (χ1) is 15.7. The molecule has 1 aliphatic rings. The van der Waals surface area contributed by atoms with E-state index in [1.165, 1.54) is 25.7 Å². The van der Waals surface area contributed by atoms with E-state index >= 15 is 0 Å². The molecule has 0 saturated heterocycles. The first-order valence-electron chi connectivity index (χ1n) is 10.9. The van der Waals surface area contributed by atoms with Crippen LogP contribution in [-0.2, 0) is 6.54 Å². The maximum atomic E-state index is 12.7. The number of anilines is 1. The Morgan fingerprint density at radius 1 is 1.22 bits per heavy atom. The molecule has 1 saturated carbocycles. The van der Waals surface area contributed by atoms with E-state index in [1.54, 1.807) is 24.5 Å². The van der Waals surface area contributed by atoms with Crippen LogP contribution in [0.1, 0.15) is 42.5 Å². The number of carbonyl (C=O) groups excluding carboxylic acids is 1. The van der Waals surface area contributed by atoms with Crippen LogP contribution in [0, 0.1) is 12.0 Å². The van der Waals surface area contributed by atoms with Crippen LogP contribution in [-0.4, -0.2) is 25.7 Å². The van der Waals surface area contributed by atoms with Gasteiger partial charge >= 0.3 is 0 Å². The number of unbranched alkanes of at least 4 members (excludes halogenated alkanes) is 1. The van der Waals surface area contributed by atoms with E-state index in [4.69, 9.17) is 10.1 Å². The smallest absolute Gasteiger partial charge is 0.258 e. The number of nitrogens with zero attached hydrogens (tertiary/aromatic N) is 4. The highest BCUT2D eigenvalue weighted by atomic mass is 79.9.